The standard InChI is InChI=1S/C29H60NO5P/c1-6-8-9-10-11-12-13-14-15-16-17-18-19-20-23-28(26-29(31)7-2)27-35-36(32,33)34-25-22-21-24-30(3,4)5/h28H,6-27H2,1-5H3/p+1. The maximum Gasteiger partial charge on any atom is 0.472 e. The Labute approximate surface area is 224 Å². The minimum absolute atomic E-state index is 0.0166. The van der Waals surface area contributed by atoms with Crippen LogP contribution in [0.2, 0.25) is 0 Å². The van der Waals surface area contributed by atoms with Crippen LogP contribution in [0.5, 0.6) is 0 Å². The molecule has 0 saturated heterocycles. The second-order valence-corrected chi connectivity index (χ2v) is 13.1. The number of phosphoric acid groups is 1. The monoisotopic (exact) mass is 534 g/mol. The summed E-state index contributed by atoms with van der Waals surface area (Å²) >= 11 is 0. The Morgan fingerprint density at radius 1 is 0.750 bits per heavy atom. The Kier molecular flexibility index (Phi) is 22.5. The normalized spacial score (nSPS) is 14.6. The van der Waals surface area contributed by atoms with E-state index < -0.39 is 7.82 Å². The van der Waals surface area contributed by atoms with E-state index in [0.29, 0.717) is 12.8 Å². The van der Waals surface area contributed by atoms with Crippen molar-refractivity contribution in [3.8, 4) is 0 Å². The van der Waals surface area contributed by atoms with E-state index in [2.05, 4.69) is 28.1 Å². The molecule has 1 N–H and O–H groups in total. The van der Waals surface area contributed by atoms with Gasteiger partial charge in [-0.2, -0.15) is 0 Å². The molecular formula is C29H61NO5P+. The van der Waals surface area contributed by atoms with Gasteiger partial charge in [0.1, 0.15) is 5.78 Å². The molecule has 0 aromatic rings. The Morgan fingerprint density at radius 2 is 1.25 bits per heavy atom. The van der Waals surface area contributed by atoms with Gasteiger partial charge in [-0.3, -0.25) is 13.8 Å². The van der Waals surface area contributed by atoms with Gasteiger partial charge in [-0.05, 0) is 25.2 Å². The summed E-state index contributed by atoms with van der Waals surface area (Å²) in [6, 6.07) is 0. The summed E-state index contributed by atoms with van der Waals surface area (Å²) in [6.45, 7) is 5.44. The highest BCUT2D eigenvalue weighted by Crippen LogP contribution is 2.44. The smallest absolute Gasteiger partial charge is 0.331 e. The molecule has 0 heterocycles. The number of rotatable bonds is 27. The lowest BCUT2D eigenvalue weighted by atomic mass is 9.95. The molecule has 2 unspecified atom stereocenters. The number of hydrogen-bond acceptors (Lipinski definition) is 4. The fourth-order valence-corrected chi connectivity index (χ4v) is 5.28. The summed E-state index contributed by atoms with van der Waals surface area (Å²) < 4.78 is 23.6. The third-order valence-electron chi connectivity index (χ3n) is 6.83. The van der Waals surface area contributed by atoms with Gasteiger partial charge < -0.3 is 9.38 Å². The van der Waals surface area contributed by atoms with E-state index in [1.54, 1.807) is 0 Å². The van der Waals surface area contributed by atoms with Gasteiger partial charge in [-0.25, -0.2) is 4.57 Å². The molecule has 0 bridgehead atoms. The first-order valence-electron chi connectivity index (χ1n) is 15.0. The summed E-state index contributed by atoms with van der Waals surface area (Å²) in [6.07, 6.45) is 21.8. The quantitative estimate of drug-likeness (QED) is 0.0650. The summed E-state index contributed by atoms with van der Waals surface area (Å²) in [4.78, 5) is 22.0. The van der Waals surface area contributed by atoms with Gasteiger partial charge in [0, 0.05) is 12.8 Å². The summed E-state index contributed by atoms with van der Waals surface area (Å²) in [5, 5.41) is 0. The SMILES string of the molecule is CCCCCCCCCCCCCCCCC(COP(=O)(O)OCCCC[N+](C)(C)C)CC(=O)CC. The second-order valence-electron chi connectivity index (χ2n) is 11.7. The zero-order valence-electron chi connectivity index (χ0n) is 24.6. The van der Waals surface area contributed by atoms with Crippen LogP contribution >= 0.6 is 7.82 Å². The molecule has 7 heteroatoms. The molecule has 216 valence electrons. The summed E-state index contributed by atoms with van der Waals surface area (Å²) in [5.41, 5.74) is 0. The lowest BCUT2D eigenvalue weighted by molar-refractivity contribution is -0.870. The number of quaternary nitrogens is 1. The number of Topliss-reactive ketones (excluding diaryl/α,β-unsaturated/α-hetero) is 1. The highest BCUT2D eigenvalue weighted by Gasteiger charge is 2.24. The highest BCUT2D eigenvalue weighted by atomic mass is 31.2. The van der Waals surface area contributed by atoms with E-state index in [1.807, 2.05) is 6.92 Å². The van der Waals surface area contributed by atoms with Crippen LogP contribution in [0.25, 0.3) is 0 Å². The van der Waals surface area contributed by atoms with E-state index in [9.17, 15) is 14.3 Å². The predicted molar refractivity (Wildman–Crippen MR) is 152 cm³/mol. The molecule has 0 radical (unpaired) electrons. The van der Waals surface area contributed by atoms with Gasteiger partial charge in [-0.1, -0.05) is 104 Å². The van der Waals surface area contributed by atoms with Crippen molar-refractivity contribution in [2.24, 2.45) is 5.92 Å². The minimum Gasteiger partial charge on any atom is -0.331 e. The van der Waals surface area contributed by atoms with E-state index in [-0.39, 0.29) is 24.9 Å². The average molecular weight is 535 g/mol. The van der Waals surface area contributed by atoms with Crippen LogP contribution in [0, 0.1) is 5.92 Å². The van der Waals surface area contributed by atoms with E-state index >= 15 is 0 Å². The van der Waals surface area contributed by atoms with Crippen molar-refractivity contribution in [2.45, 2.75) is 136 Å². The van der Waals surface area contributed by atoms with Crippen molar-refractivity contribution in [1.29, 1.82) is 0 Å². The maximum absolute atomic E-state index is 12.3. The van der Waals surface area contributed by atoms with Crippen LogP contribution in [0.15, 0.2) is 0 Å². The maximum atomic E-state index is 12.3. The lowest BCUT2D eigenvalue weighted by Crippen LogP contribution is -2.35. The molecule has 0 saturated carbocycles. The van der Waals surface area contributed by atoms with Crippen molar-refractivity contribution in [2.75, 3.05) is 40.9 Å². The number of nitrogens with zero attached hydrogens (tertiary/aromatic N) is 1. The Bertz CT molecular complexity index is 564. The van der Waals surface area contributed by atoms with Crippen LogP contribution in [0.4, 0.5) is 0 Å². The largest absolute Gasteiger partial charge is 0.472 e. The summed E-state index contributed by atoms with van der Waals surface area (Å²) in [5.74, 6) is 0.167. The first kappa shape index (κ1) is 35.7. The molecule has 6 nitrogen and oxygen atoms in total. The second kappa shape index (κ2) is 22.7. The molecule has 0 rings (SSSR count). The van der Waals surface area contributed by atoms with Gasteiger partial charge in [-0.15, -0.1) is 0 Å². The van der Waals surface area contributed by atoms with Gasteiger partial charge >= 0.3 is 7.82 Å². The number of ketones is 1. The van der Waals surface area contributed by atoms with Gasteiger partial charge in [0.25, 0.3) is 0 Å². The van der Waals surface area contributed by atoms with Crippen molar-refractivity contribution in [1.82, 2.24) is 0 Å². The first-order valence-corrected chi connectivity index (χ1v) is 16.5. The van der Waals surface area contributed by atoms with Crippen LogP contribution < -0.4 is 0 Å². The zero-order valence-corrected chi connectivity index (χ0v) is 25.5. The number of carbonyl (C=O) groups excluding carboxylic acids is 1. The molecule has 36 heavy (non-hydrogen) atoms. The van der Waals surface area contributed by atoms with Gasteiger partial charge in [0.2, 0.25) is 0 Å². The highest BCUT2D eigenvalue weighted by molar-refractivity contribution is 7.47. The van der Waals surface area contributed by atoms with E-state index in [0.717, 1.165) is 43.1 Å². The van der Waals surface area contributed by atoms with Crippen LogP contribution in [0.1, 0.15) is 136 Å². The molecule has 0 aromatic heterocycles. The molecule has 0 spiro atoms. The molecular weight excluding hydrogens is 473 g/mol. The fraction of sp³-hybridized carbons (Fsp3) is 0.966. The average Bonchev–Trinajstić information content (AvgIpc) is 2.81. The zero-order chi connectivity index (χ0) is 27.1. The Morgan fingerprint density at radius 3 is 1.72 bits per heavy atom. The molecule has 0 aliphatic carbocycles. The lowest BCUT2D eigenvalue weighted by Gasteiger charge is -2.23. The first-order chi connectivity index (χ1) is 17.1. The number of hydrogen-bond donors (Lipinski definition) is 1. The van der Waals surface area contributed by atoms with Crippen molar-refractivity contribution >= 4 is 13.6 Å². The van der Waals surface area contributed by atoms with Crippen LogP contribution in [-0.4, -0.2) is 56.1 Å². The molecule has 2 atom stereocenters. The van der Waals surface area contributed by atoms with Crippen molar-refractivity contribution in [3.63, 3.8) is 0 Å². The fourth-order valence-electron chi connectivity index (χ4n) is 4.44. The molecule has 0 aromatic carbocycles. The van der Waals surface area contributed by atoms with Crippen molar-refractivity contribution < 1.29 is 27.8 Å². The molecule has 0 fully saturated rings. The van der Waals surface area contributed by atoms with E-state index in [1.165, 1.54) is 77.0 Å². The Hall–Kier alpha value is -0.260. The third-order valence-corrected chi connectivity index (χ3v) is 7.81. The third kappa shape index (κ3) is 25.4. The van der Waals surface area contributed by atoms with E-state index in [4.69, 9.17) is 9.05 Å². The summed E-state index contributed by atoms with van der Waals surface area (Å²) in [7, 11) is 2.30. The van der Waals surface area contributed by atoms with Gasteiger partial charge in [0.05, 0.1) is 40.9 Å². The molecule has 0 amide bonds. The van der Waals surface area contributed by atoms with Crippen LogP contribution in [0.3, 0.4) is 0 Å². The number of unbranched alkanes of at least 4 members (excludes halogenated alkanes) is 14. The van der Waals surface area contributed by atoms with Crippen LogP contribution in [-0.2, 0) is 18.4 Å². The van der Waals surface area contributed by atoms with Gasteiger partial charge in [0.15, 0.2) is 0 Å². The molecule has 0 aliphatic heterocycles. The van der Waals surface area contributed by atoms with Crippen molar-refractivity contribution in [3.05, 3.63) is 0 Å². The predicted octanol–water partition coefficient (Wildman–Crippen LogP) is 8.46. The Balaban J connectivity index is 3.97. The molecule has 0 aliphatic rings. The number of carbonyl (C=O) groups is 1. The number of phosphoric ester groups is 1. The minimum atomic E-state index is -4.07. The topological polar surface area (TPSA) is 72.8 Å².